The van der Waals surface area contributed by atoms with Gasteiger partial charge in [0.1, 0.15) is 12.6 Å². The topological polar surface area (TPSA) is 29.9 Å². The molecule has 3 aromatic heterocycles. The van der Waals surface area contributed by atoms with E-state index < -0.39 is 13.7 Å². The third kappa shape index (κ3) is 2.36. The van der Waals surface area contributed by atoms with Crippen molar-refractivity contribution in [1.29, 1.82) is 0 Å². The van der Waals surface area contributed by atoms with Gasteiger partial charge in [-0.05, 0) is 56.4 Å². The molecular weight excluding hydrogens is 344 g/mol. The van der Waals surface area contributed by atoms with Crippen LogP contribution in [0.2, 0.25) is 0 Å². The summed E-state index contributed by atoms with van der Waals surface area (Å²) in [6, 6.07) is 13.0. The molecule has 0 fully saturated rings. The summed E-state index contributed by atoms with van der Waals surface area (Å²) in [6.07, 6.45) is 1.61. The van der Waals surface area contributed by atoms with E-state index in [0.29, 0.717) is 33.2 Å². The number of pyridine rings is 2. The van der Waals surface area contributed by atoms with E-state index >= 15 is 0 Å². The highest BCUT2D eigenvalue weighted by atomic mass is 16.3. The zero-order valence-corrected chi connectivity index (χ0v) is 15.9. The van der Waals surface area contributed by atoms with Gasteiger partial charge >= 0.3 is 0 Å². The van der Waals surface area contributed by atoms with Crippen LogP contribution in [0.25, 0.3) is 44.2 Å². The monoisotopic (exact) mass is 373 g/mol. The fraction of sp³-hybridized carbons (Fsp3) is 0.200. The van der Waals surface area contributed by atoms with Crippen molar-refractivity contribution in [2.45, 2.75) is 27.6 Å². The van der Waals surface area contributed by atoms with Gasteiger partial charge in [0.15, 0.2) is 17.4 Å². The Morgan fingerprint density at radius 2 is 1.79 bits per heavy atom. The number of hydrogen-bond donors (Lipinski definition) is 0. The van der Waals surface area contributed by atoms with Gasteiger partial charge in [-0.25, -0.2) is 9.55 Å². The molecule has 0 unspecified atom stereocenters. The van der Waals surface area contributed by atoms with Gasteiger partial charge in [-0.3, -0.25) is 0 Å². The SMILES string of the molecule is [2H]C([2H])([2H])c1c[n+](C)c(-c2c(C)cc(C([2H])([2H])[2H])c3c2oc2cc4ccccc4nc23)cc1C. The van der Waals surface area contributed by atoms with Crippen molar-refractivity contribution in [3.8, 4) is 11.3 Å². The minimum atomic E-state index is -2.37. The highest BCUT2D eigenvalue weighted by Gasteiger charge is 2.23. The number of fused-ring (bicyclic) bond motifs is 4. The van der Waals surface area contributed by atoms with Crippen LogP contribution in [0.3, 0.4) is 0 Å². The second kappa shape index (κ2) is 5.90. The number of benzene rings is 2. The van der Waals surface area contributed by atoms with Gasteiger partial charge in [0, 0.05) is 25.2 Å². The number of nitrogens with zero attached hydrogens (tertiary/aromatic N) is 2. The smallest absolute Gasteiger partial charge is 0.216 e. The van der Waals surface area contributed by atoms with E-state index in [9.17, 15) is 0 Å². The van der Waals surface area contributed by atoms with Gasteiger partial charge in [0.05, 0.1) is 16.5 Å². The fourth-order valence-corrected chi connectivity index (χ4v) is 3.90. The zero-order chi connectivity index (χ0) is 24.6. The molecule has 28 heavy (non-hydrogen) atoms. The van der Waals surface area contributed by atoms with Crippen LogP contribution in [-0.4, -0.2) is 4.98 Å². The molecule has 3 heteroatoms. The van der Waals surface area contributed by atoms with Crippen molar-refractivity contribution in [3.63, 3.8) is 0 Å². The number of rotatable bonds is 1. The lowest BCUT2D eigenvalue weighted by molar-refractivity contribution is -0.660. The van der Waals surface area contributed by atoms with Crippen LogP contribution in [0.1, 0.15) is 30.5 Å². The second-order valence-corrected chi connectivity index (χ2v) is 7.32. The van der Waals surface area contributed by atoms with Crippen molar-refractivity contribution >= 4 is 33.0 Å². The van der Waals surface area contributed by atoms with Crippen LogP contribution in [0.15, 0.2) is 53.1 Å². The third-order valence-corrected chi connectivity index (χ3v) is 5.35. The Morgan fingerprint density at radius 1 is 0.964 bits per heavy atom. The van der Waals surface area contributed by atoms with Crippen LogP contribution in [0.4, 0.5) is 0 Å². The number of furan rings is 1. The lowest BCUT2D eigenvalue weighted by atomic mass is 9.96. The molecule has 3 heterocycles. The minimum Gasteiger partial charge on any atom is -0.453 e. The molecule has 5 aromatic rings. The number of hydrogen-bond acceptors (Lipinski definition) is 2. The summed E-state index contributed by atoms with van der Waals surface area (Å²) < 4.78 is 56.1. The summed E-state index contributed by atoms with van der Waals surface area (Å²) in [5, 5.41) is 1.35. The van der Waals surface area contributed by atoms with Gasteiger partial charge in [0.2, 0.25) is 5.69 Å². The Bertz CT molecular complexity index is 1610. The number of aromatic nitrogens is 2. The maximum atomic E-state index is 8.17. The maximum absolute atomic E-state index is 8.17. The fourth-order valence-electron chi connectivity index (χ4n) is 3.90. The molecule has 2 aromatic carbocycles. The lowest BCUT2D eigenvalue weighted by Gasteiger charge is -2.09. The quantitative estimate of drug-likeness (QED) is 0.345. The molecule has 0 aliphatic carbocycles. The molecule has 0 bridgehead atoms. The van der Waals surface area contributed by atoms with Crippen molar-refractivity contribution in [2.24, 2.45) is 7.05 Å². The first-order chi connectivity index (χ1) is 15.9. The summed E-state index contributed by atoms with van der Waals surface area (Å²) in [6.45, 7) is -0.996. The summed E-state index contributed by atoms with van der Waals surface area (Å²) >= 11 is 0. The van der Waals surface area contributed by atoms with E-state index in [2.05, 4.69) is 0 Å². The third-order valence-electron chi connectivity index (χ3n) is 5.35. The predicted molar refractivity (Wildman–Crippen MR) is 115 cm³/mol. The molecule has 0 amide bonds. The highest BCUT2D eigenvalue weighted by Crippen LogP contribution is 2.39. The van der Waals surface area contributed by atoms with Crippen LogP contribution < -0.4 is 4.57 Å². The van der Waals surface area contributed by atoms with Crippen molar-refractivity contribution in [3.05, 3.63) is 70.9 Å². The Morgan fingerprint density at radius 3 is 2.61 bits per heavy atom. The number of para-hydroxylation sites is 1. The average Bonchev–Trinajstić information content (AvgIpc) is 3.09. The Balaban J connectivity index is 1.93. The molecule has 0 saturated carbocycles. The van der Waals surface area contributed by atoms with Crippen LogP contribution >= 0.6 is 0 Å². The Labute approximate surface area is 172 Å². The first-order valence-electron chi connectivity index (χ1n) is 12.1. The predicted octanol–water partition coefficient (Wildman–Crippen LogP) is 5.86. The Hall–Kier alpha value is -3.20. The summed E-state index contributed by atoms with van der Waals surface area (Å²) in [5.74, 6) is 0. The normalized spacial score (nSPS) is 15.8. The van der Waals surface area contributed by atoms with Crippen molar-refractivity contribution in [1.82, 2.24) is 4.98 Å². The summed E-state index contributed by atoms with van der Waals surface area (Å²) in [4.78, 5) is 4.77. The molecule has 0 aliphatic heterocycles. The standard InChI is InChI=1S/C25H23N2O/c1-14-11-20(27(5)13-17(14)4)22-15(2)10-16(3)23-24-21(28-25(22)23)12-18-8-6-7-9-19(18)26-24/h6-13H,1-5H3/q+1/i3D3,4D3. The first kappa shape index (κ1) is 11.6. The van der Waals surface area contributed by atoms with Crippen LogP contribution in [-0.2, 0) is 7.05 Å². The van der Waals surface area contributed by atoms with E-state index in [1.54, 1.807) is 30.8 Å². The molecule has 0 radical (unpaired) electrons. The molecule has 5 rings (SSSR count). The van der Waals surface area contributed by atoms with Gasteiger partial charge in [-0.15, -0.1) is 0 Å². The summed E-state index contributed by atoms with van der Waals surface area (Å²) in [7, 11) is 1.78. The largest absolute Gasteiger partial charge is 0.453 e. The van der Waals surface area contributed by atoms with Gasteiger partial charge in [-0.2, -0.15) is 0 Å². The van der Waals surface area contributed by atoms with E-state index in [1.807, 2.05) is 43.3 Å². The van der Waals surface area contributed by atoms with Crippen LogP contribution in [0, 0.1) is 27.6 Å². The molecular formula is C25H23N2O+. The number of aryl methyl sites for hydroxylation is 5. The van der Waals surface area contributed by atoms with Gasteiger partial charge in [0.25, 0.3) is 0 Å². The molecule has 0 saturated heterocycles. The highest BCUT2D eigenvalue weighted by molar-refractivity contribution is 6.11. The molecule has 3 nitrogen and oxygen atoms in total. The molecule has 0 N–H and O–H groups in total. The molecule has 0 spiro atoms. The lowest BCUT2D eigenvalue weighted by Crippen LogP contribution is -2.31. The molecule has 138 valence electrons. The average molecular weight is 374 g/mol. The van der Waals surface area contributed by atoms with E-state index in [4.69, 9.17) is 17.6 Å². The van der Waals surface area contributed by atoms with Crippen LogP contribution in [0.5, 0.6) is 0 Å². The van der Waals surface area contributed by atoms with E-state index in [0.717, 1.165) is 22.2 Å². The first-order valence-corrected chi connectivity index (χ1v) is 9.13. The van der Waals surface area contributed by atoms with Gasteiger partial charge < -0.3 is 4.42 Å². The summed E-state index contributed by atoms with van der Waals surface area (Å²) in [5.41, 5.74) is 5.43. The Kier molecular flexibility index (Phi) is 2.44. The zero-order valence-electron chi connectivity index (χ0n) is 21.9. The van der Waals surface area contributed by atoms with E-state index in [-0.39, 0.29) is 11.1 Å². The van der Waals surface area contributed by atoms with Gasteiger partial charge in [-0.1, -0.05) is 24.3 Å². The molecule has 0 aliphatic rings. The van der Waals surface area contributed by atoms with Crippen molar-refractivity contribution < 1.29 is 17.2 Å². The second-order valence-electron chi connectivity index (χ2n) is 7.32. The van der Waals surface area contributed by atoms with Crippen molar-refractivity contribution in [2.75, 3.05) is 0 Å². The minimum absolute atomic E-state index is 0.184. The van der Waals surface area contributed by atoms with E-state index in [1.165, 1.54) is 0 Å². The molecule has 0 atom stereocenters. The maximum Gasteiger partial charge on any atom is 0.216 e.